The topological polar surface area (TPSA) is 113 Å². The van der Waals surface area contributed by atoms with Gasteiger partial charge in [0, 0.05) is 17.7 Å². The maximum atomic E-state index is 13.0. The third-order valence-electron chi connectivity index (χ3n) is 5.04. The van der Waals surface area contributed by atoms with Crippen LogP contribution in [0.15, 0.2) is 76.1 Å². The standard InChI is InChI=1S/C24H23N3O6S/c1-30-20-12-16(13-21(31-2)22(20)32-3)15-25-34(28,29)19-11-7-10-18(14-19)24-26-23(27-33-24)17-8-5-4-6-9-17/h4-14,25H,15H2,1-3H3. The van der Waals surface area contributed by atoms with Gasteiger partial charge in [0.15, 0.2) is 11.5 Å². The highest BCUT2D eigenvalue weighted by molar-refractivity contribution is 7.89. The first-order chi connectivity index (χ1) is 16.4. The molecule has 0 aliphatic rings. The van der Waals surface area contributed by atoms with Crippen molar-refractivity contribution >= 4 is 10.0 Å². The first kappa shape index (κ1) is 23.3. The molecule has 0 saturated carbocycles. The maximum absolute atomic E-state index is 13.0. The Bertz CT molecular complexity index is 1360. The Morgan fingerprint density at radius 2 is 1.53 bits per heavy atom. The highest BCUT2D eigenvalue weighted by Crippen LogP contribution is 2.38. The summed E-state index contributed by atoms with van der Waals surface area (Å²) in [5, 5.41) is 3.99. The van der Waals surface area contributed by atoms with Crippen LogP contribution in [-0.4, -0.2) is 39.9 Å². The first-order valence-electron chi connectivity index (χ1n) is 10.2. The maximum Gasteiger partial charge on any atom is 0.258 e. The van der Waals surface area contributed by atoms with E-state index < -0.39 is 10.0 Å². The van der Waals surface area contributed by atoms with Gasteiger partial charge in [-0.05, 0) is 35.9 Å². The lowest BCUT2D eigenvalue weighted by Gasteiger charge is -2.14. The SMILES string of the molecule is COc1cc(CNS(=O)(=O)c2cccc(-c3nc(-c4ccccc4)no3)c2)cc(OC)c1OC. The van der Waals surface area contributed by atoms with Crippen LogP contribution >= 0.6 is 0 Å². The minimum absolute atomic E-state index is 0.0159. The van der Waals surface area contributed by atoms with Crippen molar-refractivity contribution in [3.63, 3.8) is 0 Å². The number of methoxy groups -OCH3 is 3. The van der Waals surface area contributed by atoms with Gasteiger partial charge in [0.2, 0.25) is 21.6 Å². The van der Waals surface area contributed by atoms with Crippen LogP contribution in [0.4, 0.5) is 0 Å². The number of sulfonamides is 1. The van der Waals surface area contributed by atoms with E-state index >= 15 is 0 Å². The normalized spacial score (nSPS) is 11.3. The Labute approximate surface area is 197 Å². The number of nitrogens with zero attached hydrogens (tertiary/aromatic N) is 2. The second kappa shape index (κ2) is 9.94. The molecule has 4 rings (SSSR count). The molecule has 10 heteroatoms. The number of ether oxygens (including phenoxy) is 3. The highest BCUT2D eigenvalue weighted by Gasteiger charge is 2.19. The number of rotatable bonds is 9. The molecule has 0 spiro atoms. The van der Waals surface area contributed by atoms with Crippen LogP contribution in [0, 0.1) is 0 Å². The van der Waals surface area contributed by atoms with E-state index in [9.17, 15) is 8.42 Å². The van der Waals surface area contributed by atoms with Gasteiger partial charge in [-0.15, -0.1) is 0 Å². The van der Waals surface area contributed by atoms with Crippen LogP contribution < -0.4 is 18.9 Å². The second-order valence-corrected chi connectivity index (χ2v) is 8.94. The monoisotopic (exact) mass is 481 g/mol. The molecule has 3 aromatic carbocycles. The largest absolute Gasteiger partial charge is 0.493 e. The number of aromatic nitrogens is 2. The molecule has 34 heavy (non-hydrogen) atoms. The van der Waals surface area contributed by atoms with Crippen LogP contribution in [-0.2, 0) is 16.6 Å². The van der Waals surface area contributed by atoms with E-state index in [1.165, 1.54) is 33.5 Å². The molecule has 176 valence electrons. The molecular weight excluding hydrogens is 458 g/mol. The molecule has 0 aliphatic heterocycles. The van der Waals surface area contributed by atoms with E-state index in [2.05, 4.69) is 14.9 Å². The predicted octanol–water partition coefficient (Wildman–Crippen LogP) is 3.91. The summed E-state index contributed by atoms with van der Waals surface area (Å²) in [5.41, 5.74) is 1.93. The number of hydrogen-bond acceptors (Lipinski definition) is 8. The van der Waals surface area contributed by atoms with E-state index in [0.717, 1.165) is 5.56 Å². The third kappa shape index (κ3) is 4.87. The van der Waals surface area contributed by atoms with Crippen molar-refractivity contribution < 1.29 is 27.2 Å². The van der Waals surface area contributed by atoms with Gasteiger partial charge in [-0.2, -0.15) is 4.98 Å². The van der Waals surface area contributed by atoms with E-state index in [1.807, 2.05) is 30.3 Å². The van der Waals surface area contributed by atoms with Crippen molar-refractivity contribution in [2.75, 3.05) is 21.3 Å². The van der Waals surface area contributed by atoms with Crippen molar-refractivity contribution in [1.29, 1.82) is 0 Å². The molecule has 0 unspecified atom stereocenters. The third-order valence-corrected chi connectivity index (χ3v) is 6.44. The van der Waals surface area contributed by atoms with Crippen molar-refractivity contribution in [2.24, 2.45) is 0 Å². The molecule has 0 fully saturated rings. The smallest absolute Gasteiger partial charge is 0.258 e. The predicted molar refractivity (Wildman–Crippen MR) is 125 cm³/mol. The van der Waals surface area contributed by atoms with Crippen molar-refractivity contribution in [3.8, 4) is 40.1 Å². The Balaban J connectivity index is 1.55. The molecule has 1 heterocycles. The summed E-state index contributed by atoms with van der Waals surface area (Å²) in [6, 6.07) is 19.0. The lowest BCUT2D eigenvalue weighted by molar-refractivity contribution is 0.323. The molecule has 1 N–H and O–H groups in total. The van der Waals surface area contributed by atoms with Crippen molar-refractivity contribution in [1.82, 2.24) is 14.9 Å². The number of benzene rings is 3. The molecule has 0 aliphatic carbocycles. The summed E-state index contributed by atoms with van der Waals surface area (Å²) in [7, 11) is 0.655. The fraction of sp³-hybridized carbons (Fsp3) is 0.167. The zero-order valence-electron chi connectivity index (χ0n) is 18.8. The van der Waals surface area contributed by atoms with Crippen molar-refractivity contribution in [2.45, 2.75) is 11.4 Å². The molecule has 0 radical (unpaired) electrons. The van der Waals surface area contributed by atoms with E-state index in [0.29, 0.717) is 34.2 Å². The van der Waals surface area contributed by atoms with Gasteiger partial charge in [0.1, 0.15) is 0 Å². The van der Waals surface area contributed by atoms with Crippen LogP contribution in [0.2, 0.25) is 0 Å². The van der Waals surface area contributed by atoms with E-state index in [-0.39, 0.29) is 17.3 Å². The minimum atomic E-state index is -3.84. The molecule has 0 bridgehead atoms. The average Bonchev–Trinajstić information content (AvgIpc) is 3.38. The Kier molecular flexibility index (Phi) is 6.80. The van der Waals surface area contributed by atoms with Gasteiger partial charge >= 0.3 is 0 Å². The fourth-order valence-corrected chi connectivity index (χ4v) is 4.40. The molecule has 0 atom stereocenters. The Morgan fingerprint density at radius 1 is 0.853 bits per heavy atom. The van der Waals surface area contributed by atoms with Gasteiger partial charge in [0.05, 0.1) is 26.2 Å². The zero-order chi connectivity index (χ0) is 24.1. The first-order valence-corrected chi connectivity index (χ1v) is 11.7. The summed E-state index contributed by atoms with van der Waals surface area (Å²) in [5.74, 6) is 1.94. The van der Waals surface area contributed by atoms with E-state index in [4.69, 9.17) is 18.7 Å². The van der Waals surface area contributed by atoms with Crippen LogP contribution in [0.5, 0.6) is 17.2 Å². The van der Waals surface area contributed by atoms with Crippen molar-refractivity contribution in [3.05, 3.63) is 72.3 Å². The van der Waals surface area contributed by atoms with Crippen LogP contribution in [0.3, 0.4) is 0 Å². The van der Waals surface area contributed by atoms with Gasteiger partial charge in [-0.1, -0.05) is 41.6 Å². The average molecular weight is 482 g/mol. The summed E-state index contributed by atoms with van der Waals surface area (Å²) in [6.07, 6.45) is 0. The van der Waals surface area contributed by atoms with Gasteiger partial charge in [0.25, 0.3) is 5.89 Å². The molecular formula is C24H23N3O6S. The minimum Gasteiger partial charge on any atom is -0.493 e. The number of hydrogen-bond donors (Lipinski definition) is 1. The summed E-state index contributed by atoms with van der Waals surface area (Å²) in [4.78, 5) is 4.46. The van der Waals surface area contributed by atoms with Crippen LogP contribution in [0.25, 0.3) is 22.8 Å². The molecule has 0 saturated heterocycles. The molecule has 9 nitrogen and oxygen atoms in total. The second-order valence-electron chi connectivity index (χ2n) is 7.18. The fourth-order valence-electron chi connectivity index (χ4n) is 3.34. The Morgan fingerprint density at radius 3 is 2.18 bits per heavy atom. The summed E-state index contributed by atoms with van der Waals surface area (Å²) in [6.45, 7) is 0.0159. The highest BCUT2D eigenvalue weighted by atomic mass is 32.2. The Hall–Kier alpha value is -3.89. The van der Waals surface area contributed by atoms with Gasteiger partial charge < -0.3 is 18.7 Å². The lowest BCUT2D eigenvalue weighted by atomic mass is 10.2. The molecule has 4 aromatic rings. The molecule has 0 amide bonds. The quantitative estimate of drug-likeness (QED) is 0.383. The summed E-state index contributed by atoms with van der Waals surface area (Å²) < 4.78 is 49.9. The number of nitrogens with one attached hydrogen (secondary N) is 1. The van der Waals surface area contributed by atoms with Crippen LogP contribution in [0.1, 0.15) is 5.56 Å². The zero-order valence-corrected chi connectivity index (χ0v) is 19.6. The molecule has 1 aromatic heterocycles. The van der Waals surface area contributed by atoms with E-state index in [1.54, 1.807) is 24.3 Å². The lowest BCUT2D eigenvalue weighted by Crippen LogP contribution is -2.23. The van der Waals surface area contributed by atoms with Gasteiger partial charge in [-0.3, -0.25) is 0 Å². The van der Waals surface area contributed by atoms with Gasteiger partial charge in [-0.25, -0.2) is 13.1 Å². The summed E-state index contributed by atoms with van der Waals surface area (Å²) >= 11 is 0.